The largest absolute Gasteiger partial charge is 0.497 e. The molecule has 18 heavy (non-hydrogen) atoms. The number of pyridine rings is 1. The number of nitrogens with zero attached hydrogens (tertiary/aromatic N) is 1. The molecule has 0 saturated heterocycles. The van der Waals surface area contributed by atoms with Crippen LogP contribution in [0.4, 0.5) is 8.78 Å². The zero-order valence-electron chi connectivity index (χ0n) is 9.69. The van der Waals surface area contributed by atoms with E-state index in [1.807, 2.05) is 0 Å². The van der Waals surface area contributed by atoms with E-state index < -0.39 is 6.08 Å². The number of methoxy groups -OCH3 is 1. The van der Waals surface area contributed by atoms with Gasteiger partial charge < -0.3 is 9.30 Å². The second kappa shape index (κ2) is 5.00. The molecule has 2 aromatic rings. The van der Waals surface area contributed by atoms with Crippen LogP contribution in [0.25, 0.3) is 10.8 Å². The van der Waals surface area contributed by atoms with Crippen LogP contribution in [0.5, 0.6) is 5.75 Å². The van der Waals surface area contributed by atoms with Gasteiger partial charge in [-0.2, -0.15) is 8.78 Å². The number of allylic oxidation sites excluding steroid dienone is 1. The highest BCUT2D eigenvalue weighted by Gasteiger charge is 2.03. The first-order valence-electron chi connectivity index (χ1n) is 5.30. The van der Waals surface area contributed by atoms with Crippen LogP contribution in [0, 0.1) is 0 Å². The third-order valence-electron chi connectivity index (χ3n) is 2.63. The van der Waals surface area contributed by atoms with Crippen LogP contribution in [0.2, 0.25) is 0 Å². The van der Waals surface area contributed by atoms with Crippen molar-refractivity contribution in [3.63, 3.8) is 0 Å². The molecule has 0 N–H and O–H groups in total. The second-order valence-corrected chi connectivity index (χ2v) is 3.72. The lowest BCUT2D eigenvalue weighted by Crippen LogP contribution is -2.18. The van der Waals surface area contributed by atoms with Crippen LogP contribution in [0.1, 0.15) is 0 Å². The lowest BCUT2D eigenvalue weighted by molar-refractivity contribution is 0.415. The van der Waals surface area contributed by atoms with Gasteiger partial charge in [-0.3, -0.25) is 4.79 Å². The zero-order chi connectivity index (χ0) is 13.1. The summed E-state index contributed by atoms with van der Waals surface area (Å²) in [7, 11) is 1.54. The molecule has 1 heterocycles. The molecule has 0 radical (unpaired) electrons. The Labute approximate surface area is 102 Å². The normalized spacial score (nSPS) is 10.4. The summed E-state index contributed by atoms with van der Waals surface area (Å²) >= 11 is 0. The number of fused-ring (bicyclic) bond motifs is 1. The van der Waals surface area contributed by atoms with Crippen LogP contribution in [0.15, 0.2) is 47.4 Å². The van der Waals surface area contributed by atoms with Crippen LogP contribution < -0.4 is 10.3 Å². The number of benzene rings is 1. The van der Waals surface area contributed by atoms with Crippen molar-refractivity contribution in [1.82, 2.24) is 4.57 Å². The van der Waals surface area contributed by atoms with Crippen LogP contribution in [0.3, 0.4) is 0 Å². The van der Waals surface area contributed by atoms with Gasteiger partial charge in [0, 0.05) is 24.2 Å². The molecule has 3 nitrogen and oxygen atoms in total. The maximum atomic E-state index is 12.0. The summed E-state index contributed by atoms with van der Waals surface area (Å²) in [6.45, 7) is -0.136. The lowest BCUT2D eigenvalue weighted by atomic mass is 10.1. The van der Waals surface area contributed by atoms with Crippen LogP contribution in [-0.4, -0.2) is 11.7 Å². The molecule has 0 fully saturated rings. The molecule has 0 unspecified atom stereocenters. The molecule has 0 aliphatic heterocycles. The maximum absolute atomic E-state index is 12.0. The van der Waals surface area contributed by atoms with Crippen molar-refractivity contribution in [3.05, 3.63) is 53.0 Å². The van der Waals surface area contributed by atoms with E-state index in [4.69, 9.17) is 4.74 Å². The molecule has 1 aromatic heterocycles. The Kier molecular flexibility index (Phi) is 3.41. The van der Waals surface area contributed by atoms with Crippen molar-refractivity contribution in [3.8, 4) is 5.75 Å². The minimum Gasteiger partial charge on any atom is -0.497 e. The van der Waals surface area contributed by atoms with E-state index in [1.165, 1.54) is 17.9 Å². The molecule has 2 rings (SSSR count). The van der Waals surface area contributed by atoms with Gasteiger partial charge >= 0.3 is 0 Å². The molecule has 0 bridgehead atoms. The molecule has 0 saturated carbocycles. The molecule has 0 aliphatic carbocycles. The van der Waals surface area contributed by atoms with Gasteiger partial charge in [-0.25, -0.2) is 0 Å². The minimum absolute atomic E-state index is 0.136. The highest BCUT2D eigenvalue weighted by molar-refractivity contribution is 5.82. The van der Waals surface area contributed by atoms with Crippen LogP contribution in [-0.2, 0) is 6.54 Å². The lowest BCUT2D eigenvalue weighted by Gasteiger charge is -2.05. The number of hydrogen-bond donors (Lipinski definition) is 0. The van der Waals surface area contributed by atoms with E-state index >= 15 is 0 Å². The van der Waals surface area contributed by atoms with E-state index in [0.29, 0.717) is 17.2 Å². The first kappa shape index (κ1) is 12.3. The fourth-order valence-electron chi connectivity index (χ4n) is 1.70. The van der Waals surface area contributed by atoms with Crippen molar-refractivity contribution in [2.45, 2.75) is 6.54 Å². The third kappa shape index (κ3) is 2.40. The fraction of sp³-hybridized carbons (Fsp3) is 0.154. The zero-order valence-corrected chi connectivity index (χ0v) is 9.69. The van der Waals surface area contributed by atoms with Crippen molar-refractivity contribution in [1.29, 1.82) is 0 Å². The molecule has 0 aliphatic rings. The number of aromatic nitrogens is 1. The maximum Gasteiger partial charge on any atom is 0.268 e. The van der Waals surface area contributed by atoms with Gasteiger partial charge in [0.05, 0.1) is 7.11 Å². The topological polar surface area (TPSA) is 31.2 Å². The van der Waals surface area contributed by atoms with Gasteiger partial charge in [0.25, 0.3) is 11.6 Å². The predicted molar refractivity (Wildman–Crippen MR) is 65.1 cm³/mol. The second-order valence-electron chi connectivity index (χ2n) is 3.72. The van der Waals surface area contributed by atoms with Gasteiger partial charge in [-0.1, -0.05) is 0 Å². The van der Waals surface area contributed by atoms with Gasteiger partial charge in [0.1, 0.15) is 5.75 Å². The summed E-state index contributed by atoms with van der Waals surface area (Å²) in [4.78, 5) is 12.0. The minimum atomic E-state index is -1.79. The molecule has 0 amide bonds. The number of halogens is 2. The standard InChI is InChI=1S/C13H11F2NO2/c1-18-10-2-3-11-9(8-10)4-6-16(13(11)17)7-5-12(14)15/h2-6,8H,7H2,1H3. The SMILES string of the molecule is COc1ccc2c(=O)n(CC=C(F)F)ccc2c1. The predicted octanol–water partition coefficient (Wildman–Crippen LogP) is 2.79. The summed E-state index contributed by atoms with van der Waals surface area (Å²) in [5.41, 5.74) is -0.298. The molecule has 94 valence electrons. The van der Waals surface area contributed by atoms with E-state index in [-0.39, 0.29) is 12.1 Å². The monoisotopic (exact) mass is 251 g/mol. The molecular weight excluding hydrogens is 240 g/mol. The van der Waals surface area contributed by atoms with E-state index in [0.717, 1.165) is 5.39 Å². The first-order valence-corrected chi connectivity index (χ1v) is 5.30. The fourth-order valence-corrected chi connectivity index (χ4v) is 1.70. The first-order chi connectivity index (χ1) is 8.61. The van der Waals surface area contributed by atoms with Gasteiger partial charge in [-0.15, -0.1) is 0 Å². The van der Waals surface area contributed by atoms with E-state index in [9.17, 15) is 13.6 Å². The quantitative estimate of drug-likeness (QED) is 0.839. The average molecular weight is 251 g/mol. The van der Waals surface area contributed by atoms with E-state index in [1.54, 1.807) is 24.3 Å². The van der Waals surface area contributed by atoms with Crippen molar-refractivity contribution in [2.75, 3.05) is 7.11 Å². The number of hydrogen-bond acceptors (Lipinski definition) is 2. The Morgan fingerprint density at radius 3 is 2.83 bits per heavy atom. The van der Waals surface area contributed by atoms with Gasteiger partial charge in [-0.05, 0) is 29.7 Å². The van der Waals surface area contributed by atoms with Crippen molar-refractivity contribution in [2.24, 2.45) is 0 Å². The van der Waals surface area contributed by atoms with Gasteiger partial charge in [0.2, 0.25) is 0 Å². The average Bonchev–Trinajstić information content (AvgIpc) is 2.37. The summed E-state index contributed by atoms with van der Waals surface area (Å²) in [6, 6.07) is 6.72. The van der Waals surface area contributed by atoms with Crippen LogP contribution >= 0.6 is 0 Å². The van der Waals surface area contributed by atoms with Gasteiger partial charge in [0.15, 0.2) is 0 Å². The number of ether oxygens (including phenoxy) is 1. The Morgan fingerprint density at radius 1 is 1.39 bits per heavy atom. The van der Waals surface area contributed by atoms with Crippen molar-refractivity contribution < 1.29 is 13.5 Å². The summed E-state index contributed by atoms with van der Waals surface area (Å²) in [5, 5.41) is 1.20. The van der Waals surface area contributed by atoms with E-state index in [2.05, 4.69) is 0 Å². The number of rotatable bonds is 3. The molecule has 0 atom stereocenters. The Balaban J connectivity index is 2.51. The summed E-state index contributed by atoms with van der Waals surface area (Å²) < 4.78 is 30.3. The molecular formula is C13H11F2NO2. The van der Waals surface area contributed by atoms with Crippen molar-refractivity contribution >= 4 is 10.8 Å². The highest BCUT2D eigenvalue weighted by Crippen LogP contribution is 2.17. The Hall–Kier alpha value is -2.17. The molecule has 5 heteroatoms. The highest BCUT2D eigenvalue weighted by atomic mass is 19.3. The summed E-state index contributed by atoms with van der Waals surface area (Å²) in [6.07, 6.45) is 0.400. The Bertz CT molecular complexity index is 658. The smallest absolute Gasteiger partial charge is 0.268 e. The summed E-state index contributed by atoms with van der Waals surface area (Å²) in [5.74, 6) is 0.648. The third-order valence-corrected chi connectivity index (χ3v) is 2.63. The molecule has 0 spiro atoms. The Morgan fingerprint density at radius 2 is 2.17 bits per heavy atom. The molecule has 1 aromatic carbocycles.